The van der Waals surface area contributed by atoms with Gasteiger partial charge >= 0.3 is 0 Å². The van der Waals surface area contributed by atoms with Crippen molar-refractivity contribution in [2.24, 2.45) is 0 Å². The number of pyridine rings is 1. The van der Waals surface area contributed by atoms with Crippen molar-refractivity contribution in [3.8, 4) is 0 Å². The molecule has 0 bridgehead atoms. The molecule has 0 spiro atoms. The van der Waals surface area contributed by atoms with Crippen LogP contribution in [0.2, 0.25) is 0 Å². The predicted octanol–water partition coefficient (Wildman–Crippen LogP) is 3.67. The highest BCUT2D eigenvalue weighted by molar-refractivity contribution is 5.49. The van der Waals surface area contributed by atoms with Crippen LogP contribution in [0.1, 0.15) is 46.0 Å². The van der Waals surface area contributed by atoms with Crippen LogP contribution in [0.3, 0.4) is 0 Å². The topological polar surface area (TPSA) is 28.2 Å². The number of hydrogen-bond acceptors (Lipinski definition) is 3. The van der Waals surface area contributed by atoms with Crippen molar-refractivity contribution < 1.29 is 0 Å². The molecule has 1 fully saturated rings. The van der Waals surface area contributed by atoms with Gasteiger partial charge in [0.2, 0.25) is 0 Å². The first-order chi connectivity index (χ1) is 8.79. The van der Waals surface area contributed by atoms with Crippen LogP contribution in [0.4, 0.5) is 11.5 Å². The van der Waals surface area contributed by atoms with Crippen LogP contribution < -0.4 is 10.2 Å². The summed E-state index contributed by atoms with van der Waals surface area (Å²) in [6, 6.07) is 4.83. The Labute approximate surface area is 111 Å². The summed E-state index contributed by atoms with van der Waals surface area (Å²) in [6.45, 7) is 6.76. The second-order valence-electron chi connectivity index (χ2n) is 5.29. The number of nitrogens with zero attached hydrogens (tertiary/aromatic N) is 2. The third kappa shape index (κ3) is 3.62. The molecule has 1 atom stereocenters. The molecule has 0 amide bonds. The van der Waals surface area contributed by atoms with Gasteiger partial charge in [-0.25, -0.2) is 4.98 Å². The average molecular weight is 247 g/mol. The third-order valence-electron chi connectivity index (χ3n) is 3.56. The summed E-state index contributed by atoms with van der Waals surface area (Å²) >= 11 is 0. The van der Waals surface area contributed by atoms with E-state index in [4.69, 9.17) is 0 Å². The monoisotopic (exact) mass is 247 g/mol. The van der Waals surface area contributed by atoms with E-state index in [1.54, 1.807) is 0 Å². The largest absolute Gasteiger partial charge is 0.381 e. The van der Waals surface area contributed by atoms with Gasteiger partial charge in [-0.05, 0) is 44.7 Å². The second-order valence-corrected chi connectivity index (χ2v) is 5.29. The number of nitrogens with one attached hydrogen (secondary N) is 1. The van der Waals surface area contributed by atoms with Crippen LogP contribution >= 0.6 is 0 Å². The Morgan fingerprint density at radius 3 is 2.67 bits per heavy atom. The van der Waals surface area contributed by atoms with Gasteiger partial charge in [0, 0.05) is 19.1 Å². The fraction of sp³-hybridized carbons (Fsp3) is 0.667. The smallest absolute Gasteiger partial charge is 0.128 e. The molecule has 100 valence electrons. The molecule has 3 nitrogen and oxygen atoms in total. The highest BCUT2D eigenvalue weighted by atomic mass is 15.2. The molecule has 0 aromatic carbocycles. The summed E-state index contributed by atoms with van der Waals surface area (Å²) in [5.41, 5.74) is 1.14. The van der Waals surface area contributed by atoms with Gasteiger partial charge in [0.15, 0.2) is 0 Å². The lowest BCUT2D eigenvalue weighted by Gasteiger charge is -2.27. The Morgan fingerprint density at radius 2 is 2.06 bits per heavy atom. The van der Waals surface area contributed by atoms with E-state index in [0.29, 0.717) is 6.04 Å². The zero-order valence-corrected chi connectivity index (χ0v) is 11.7. The fourth-order valence-electron chi connectivity index (χ4n) is 2.57. The van der Waals surface area contributed by atoms with Crippen LogP contribution in [-0.2, 0) is 0 Å². The van der Waals surface area contributed by atoms with Crippen molar-refractivity contribution in [2.45, 2.75) is 52.0 Å². The Kier molecular flexibility index (Phi) is 4.85. The molecular formula is C15H25N3. The first-order valence-corrected chi connectivity index (χ1v) is 7.27. The molecule has 1 saturated heterocycles. The molecule has 2 rings (SSSR count). The van der Waals surface area contributed by atoms with E-state index >= 15 is 0 Å². The normalized spacial score (nSPS) is 17.6. The van der Waals surface area contributed by atoms with Gasteiger partial charge in [0.1, 0.15) is 5.82 Å². The molecule has 1 N–H and O–H groups in total. The van der Waals surface area contributed by atoms with Gasteiger partial charge in [-0.15, -0.1) is 0 Å². The first-order valence-electron chi connectivity index (χ1n) is 7.27. The molecule has 3 heteroatoms. The maximum atomic E-state index is 4.58. The zero-order chi connectivity index (χ0) is 12.8. The highest BCUT2D eigenvalue weighted by Crippen LogP contribution is 2.19. The zero-order valence-electron chi connectivity index (χ0n) is 11.7. The van der Waals surface area contributed by atoms with Gasteiger partial charge in [0.25, 0.3) is 0 Å². The summed E-state index contributed by atoms with van der Waals surface area (Å²) in [6.07, 6.45) is 8.35. The van der Waals surface area contributed by atoms with Crippen molar-refractivity contribution in [2.75, 3.05) is 23.3 Å². The van der Waals surface area contributed by atoms with Crippen molar-refractivity contribution in [3.63, 3.8) is 0 Å². The molecule has 1 aromatic heterocycles. The van der Waals surface area contributed by atoms with Crippen LogP contribution in [0.15, 0.2) is 18.3 Å². The minimum absolute atomic E-state index is 0.526. The van der Waals surface area contributed by atoms with E-state index in [1.165, 1.54) is 32.1 Å². The Balaban J connectivity index is 1.92. The molecule has 0 radical (unpaired) electrons. The molecule has 18 heavy (non-hydrogen) atoms. The number of rotatable bonds is 5. The van der Waals surface area contributed by atoms with E-state index < -0.39 is 0 Å². The van der Waals surface area contributed by atoms with Crippen molar-refractivity contribution in [1.29, 1.82) is 0 Å². The van der Waals surface area contributed by atoms with Gasteiger partial charge < -0.3 is 10.2 Å². The number of anilines is 2. The molecule has 1 aromatic rings. The molecule has 2 heterocycles. The minimum atomic E-state index is 0.526. The first kappa shape index (κ1) is 13.2. The summed E-state index contributed by atoms with van der Waals surface area (Å²) in [5, 5.41) is 3.49. The van der Waals surface area contributed by atoms with Crippen LogP contribution in [0.25, 0.3) is 0 Å². The van der Waals surface area contributed by atoms with Crippen molar-refractivity contribution in [1.82, 2.24) is 4.98 Å². The molecule has 1 aliphatic rings. The van der Waals surface area contributed by atoms with E-state index in [0.717, 1.165) is 24.6 Å². The van der Waals surface area contributed by atoms with Crippen LogP contribution in [0.5, 0.6) is 0 Å². The predicted molar refractivity (Wildman–Crippen MR) is 78.3 cm³/mol. The summed E-state index contributed by atoms with van der Waals surface area (Å²) in [4.78, 5) is 6.97. The lowest BCUT2D eigenvalue weighted by Crippen LogP contribution is -2.30. The Bertz CT molecular complexity index is 341. The van der Waals surface area contributed by atoms with E-state index in [2.05, 4.69) is 41.2 Å². The van der Waals surface area contributed by atoms with E-state index in [-0.39, 0.29) is 0 Å². The Hall–Kier alpha value is -1.25. The Morgan fingerprint density at radius 1 is 1.28 bits per heavy atom. The second kappa shape index (κ2) is 6.62. The average Bonchev–Trinajstić information content (AvgIpc) is 2.41. The summed E-state index contributed by atoms with van der Waals surface area (Å²) < 4.78 is 0. The molecule has 0 aliphatic carbocycles. The van der Waals surface area contributed by atoms with E-state index in [9.17, 15) is 0 Å². The maximum absolute atomic E-state index is 4.58. The third-order valence-corrected chi connectivity index (χ3v) is 3.56. The number of hydrogen-bond donors (Lipinski definition) is 1. The van der Waals surface area contributed by atoms with Gasteiger partial charge in [-0.3, -0.25) is 0 Å². The minimum Gasteiger partial charge on any atom is -0.381 e. The number of aromatic nitrogens is 1. The highest BCUT2D eigenvalue weighted by Gasteiger charge is 2.11. The standard InChI is InChI=1S/C15H25N3/c1-3-7-13(2)17-14-8-9-15(16-12-14)18-10-5-4-6-11-18/h8-9,12-13,17H,3-7,10-11H2,1-2H3. The SMILES string of the molecule is CCCC(C)Nc1ccc(N2CCCCC2)nc1. The fourth-order valence-corrected chi connectivity index (χ4v) is 2.57. The number of piperidine rings is 1. The summed E-state index contributed by atoms with van der Waals surface area (Å²) in [7, 11) is 0. The maximum Gasteiger partial charge on any atom is 0.128 e. The lowest BCUT2D eigenvalue weighted by atomic mass is 10.1. The lowest BCUT2D eigenvalue weighted by molar-refractivity contribution is 0.573. The van der Waals surface area contributed by atoms with Crippen molar-refractivity contribution in [3.05, 3.63) is 18.3 Å². The molecule has 0 saturated carbocycles. The van der Waals surface area contributed by atoms with Crippen molar-refractivity contribution >= 4 is 11.5 Å². The quantitative estimate of drug-likeness (QED) is 0.860. The van der Waals surface area contributed by atoms with Gasteiger partial charge in [-0.1, -0.05) is 13.3 Å². The van der Waals surface area contributed by atoms with Crippen LogP contribution in [-0.4, -0.2) is 24.1 Å². The van der Waals surface area contributed by atoms with Gasteiger partial charge in [-0.2, -0.15) is 0 Å². The van der Waals surface area contributed by atoms with E-state index in [1.807, 2.05) is 6.20 Å². The van der Waals surface area contributed by atoms with Crippen LogP contribution in [0, 0.1) is 0 Å². The summed E-state index contributed by atoms with van der Waals surface area (Å²) in [5.74, 6) is 1.13. The molecule has 1 unspecified atom stereocenters. The van der Waals surface area contributed by atoms with Gasteiger partial charge in [0.05, 0.1) is 11.9 Å². The molecule has 1 aliphatic heterocycles. The molecular weight excluding hydrogens is 222 g/mol.